The minimum atomic E-state index is -0.645. The highest BCUT2D eigenvalue weighted by atomic mass is 32.1. The van der Waals surface area contributed by atoms with Crippen molar-refractivity contribution >= 4 is 28.3 Å². The first-order valence-electron chi connectivity index (χ1n) is 9.57. The van der Waals surface area contributed by atoms with Gasteiger partial charge in [0, 0.05) is 24.7 Å². The van der Waals surface area contributed by atoms with Crippen LogP contribution in [-0.2, 0) is 14.3 Å². The molecule has 0 saturated carbocycles. The summed E-state index contributed by atoms with van der Waals surface area (Å²) < 4.78 is 5.27. The van der Waals surface area contributed by atoms with Gasteiger partial charge in [-0.25, -0.2) is 0 Å². The number of amides is 2. The molecule has 2 N–H and O–H groups in total. The summed E-state index contributed by atoms with van der Waals surface area (Å²) in [6.07, 6.45) is 1.38. The van der Waals surface area contributed by atoms with Gasteiger partial charge in [-0.3, -0.25) is 14.9 Å². The van der Waals surface area contributed by atoms with E-state index in [9.17, 15) is 9.59 Å². The van der Waals surface area contributed by atoms with Gasteiger partial charge < -0.3 is 10.1 Å². The molecule has 1 aliphatic rings. The average Bonchev–Trinajstić information content (AvgIpc) is 3.17. The summed E-state index contributed by atoms with van der Waals surface area (Å²) >= 11 is 1.31. The van der Waals surface area contributed by atoms with E-state index in [4.69, 9.17) is 4.74 Å². The van der Waals surface area contributed by atoms with E-state index in [0.29, 0.717) is 37.1 Å². The Hall–Kier alpha value is -2.32. The maximum absolute atomic E-state index is 12.4. The molecule has 150 valence electrons. The third kappa shape index (κ3) is 5.14. The van der Waals surface area contributed by atoms with Crippen molar-refractivity contribution in [2.75, 3.05) is 18.5 Å². The second-order valence-corrected chi connectivity index (χ2v) is 8.27. The van der Waals surface area contributed by atoms with Crippen molar-refractivity contribution in [1.82, 2.24) is 15.5 Å². The molecule has 0 spiro atoms. The topological polar surface area (TPSA) is 93.2 Å². The first-order chi connectivity index (χ1) is 13.4. The van der Waals surface area contributed by atoms with Gasteiger partial charge in [0.15, 0.2) is 0 Å². The van der Waals surface area contributed by atoms with Gasteiger partial charge in [-0.05, 0) is 31.2 Å². The molecule has 1 saturated heterocycles. The molecule has 1 aromatic heterocycles. The number of hydrogen-bond donors (Lipinski definition) is 2. The Morgan fingerprint density at radius 1 is 1.11 bits per heavy atom. The highest BCUT2D eigenvalue weighted by Crippen LogP contribution is 2.27. The molecule has 1 fully saturated rings. The van der Waals surface area contributed by atoms with Gasteiger partial charge in [0.2, 0.25) is 16.9 Å². The Morgan fingerprint density at radius 3 is 2.43 bits per heavy atom. The Kier molecular flexibility index (Phi) is 6.74. The molecule has 1 aromatic carbocycles. The molecular weight excluding hydrogens is 376 g/mol. The molecule has 0 radical (unpaired) electrons. The molecule has 1 unspecified atom stereocenters. The van der Waals surface area contributed by atoms with Gasteiger partial charge in [-0.1, -0.05) is 49.4 Å². The Bertz CT molecular complexity index is 813. The van der Waals surface area contributed by atoms with Crippen LogP contribution < -0.4 is 10.6 Å². The van der Waals surface area contributed by atoms with Crippen LogP contribution in [0.25, 0.3) is 10.6 Å². The molecule has 28 heavy (non-hydrogen) atoms. The van der Waals surface area contributed by atoms with E-state index in [0.717, 1.165) is 10.6 Å². The third-order valence-electron chi connectivity index (χ3n) is 4.82. The molecule has 8 heteroatoms. The van der Waals surface area contributed by atoms with Crippen LogP contribution in [0.4, 0.5) is 5.13 Å². The number of carbonyl (C=O) groups excluding carboxylic acids is 2. The van der Waals surface area contributed by atoms with Crippen LogP contribution >= 0.6 is 11.3 Å². The lowest BCUT2D eigenvalue weighted by Gasteiger charge is -2.23. The summed E-state index contributed by atoms with van der Waals surface area (Å²) in [5.41, 5.74) is 2.22. The van der Waals surface area contributed by atoms with Crippen molar-refractivity contribution in [2.45, 2.75) is 45.6 Å². The molecular formula is C20H26N4O3S. The first-order valence-corrected chi connectivity index (χ1v) is 10.4. The molecule has 2 amide bonds. The van der Waals surface area contributed by atoms with Gasteiger partial charge in [0.1, 0.15) is 11.0 Å². The lowest BCUT2D eigenvalue weighted by atomic mass is 9.99. The summed E-state index contributed by atoms with van der Waals surface area (Å²) in [6, 6.07) is 7.53. The third-order valence-corrected chi connectivity index (χ3v) is 5.71. The second kappa shape index (κ2) is 9.25. The SMILES string of the molecule is CC(NC(=O)C1CCOCC1)C(=O)Nc1nnc(-c2ccc(C(C)C)cc2)s1. The van der Waals surface area contributed by atoms with Crippen molar-refractivity contribution in [3.05, 3.63) is 29.8 Å². The standard InChI is InChI=1S/C20H26N4O3S/c1-12(2)14-4-6-16(7-5-14)19-23-24-20(28-19)22-17(25)13(3)21-18(26)15-8-10-27-11-9-15/h4-7,12-13,15H,8-11H2,1-3H3,(H,21,26)(H,22,24,25). The zero-order chi connectivity index (χ0) is 20.1. The number of carbonyl (C=O) groups is 2. The van der Waals surface area contributed by atoms with Crippen LogP contribution in [0.1, 0.15) is 45.1 Å². The zero-order valence-electron chi connectivity index (χ0n) is 16.4. The lowest BCUT2D eigenvalue weighted by molar-refractivity contribution is -0.131. The molecule has 7 nitrogen and oxygen atoms in total. The fraction of sp³-hybridized carbons (Fsp3) is 0.500. The van der Waals surface area contributed by atoms with E-state index < -0.39 is 6.04 Å². The Morgan fingerprint density at radius 2 is 1.79 bits per heavy atom. The lowest BCUT2D eigenvalue weighted by Crippen LogP contribution is -2.45. The summed E-state index contributed by atoms with van der Waals surface area (Å²) in [5.74, 6) is -0.0329. The van der Waals surface area contributed by atoms with Crippen LogP contribution in [-0.4, -0.2) is 41.3 Å². The second-order valence-electron chi connectivity index (χ2n) is 7.30. The summed E-state index contributed by atoms with van der Waals surface area (Å²) in [5, 5.41) is 14.9. The highest BCUT2D eigenvalue weighted by molar-refractivity contribution is 7.18. The molecule has 0 bridgehead atoms. The number of ether oxygens (including phenoxy) is 1. The molecule has 1 aliphatic heterocycles. The maximum Gasteiger partial charge on any atom is 0.248 e. The predicted octanol–water partition coefficient (Wildman–Crippen LogP) is 3.20. The molecule has 2 aromatic rings. The summed E-state index contributed by atoms with van der Waals surface area (Å²) in [6.45, 7) is 7.14. The highest BCUT2D eigenvalue weighted by Gasteiger charge is 2.25. The maximum atomic E-state index is 12.4. The molecule has 2 heterocycles. The van der Waals surface area contributed by atoms with E-state index in [1.807, 2.05) is 12.1 Å². The minimum absolute atomic E-state index is 0.0917. The van der Waals surface area contributed by atoms with Crippen LogP contribution in [0.3, 0.4) is 0 Å². The van der Waals surface area contributed by atoms with E-state index in [-0.39, 0.29) is 17.7 Å². The number of benzene rings is 1. The van der Waals surface area contributed by atoms with E-state index in [1.165, 1.54) is 16.9 Å². The fourth-order valence-electron chi connectivity index (χ4n) is 2.97. The van der Waals surface area contributed by atoms with Crippen LogP contribution in [0, 0.1) is 5.92 Å². The van der Waals surface area contributed by atoms with Gasteiger partial charge >= 0.3 is 0 Å². The van der Waals surface area contributed by atoms with Crippen LogP contribution in [0.15, 0.2) is 24.3 Å². The Balaban J connectivity index is 1.56. The van der Waals surface area contributed by atoms with Gasteiger partial charge in [-0.2, -0.15) is 0 Å². The quantitative estimate of drug-likeness (QED) is 0.774. The van der Waals surface area contributed by atoms with Crippen molar-refractivity contribution in [3.8, 4) is 10.6 Å². The number of aromatic nitrogens is 2. The van der Waals surface area contributed by atoms with Gasteiger partial charge in [0.05, 0.1) is 0 Å². The smallest absolute Gasteiger partial charge is 0.248 e. The van der Waals surface area contributed by atoms with E-state index >= 15 is 0 Å². The van der Waals surface area contributed by atoms with Crippen LogP contribution in [0.5, 0.6) is 0 Å². The van der Waals surface area contributed by atoms with Crippen molar-refractivity contribution in [3.63, 3.8) is 0 Å². The number of anilines is 1. The molecule has 3 rings (SSSR count). The Labute approximate surface area is 168 Å². The first kappa shape index (κ1) is 20.4. The van der Waals surface area contributed by atoms with Crippen molar-refractivity contribution in [2.24, 2.45) is 5.92 Å². The van der Waals surface area contributed by atoms with E-state index in [2.05, 4.69) is 46.8 Å². The zero-order valence-corrected chi connectivity index (χ0v) is 17.2. The van der Waals surface area contributed by atoms with Crippen LogP contribution in [0.2, 0.25) is 0 Å². The molecule has 1 atom stereocenters. The van der Waals surface area contributed by atoms with Gasteiger partial charge in [0.25, 0.3) is 0 Å². The summed E-state index contributed by atoms with van der Waals surface area (Å²) in [7, 11) is 0. The van der Waals surface area contributed by atoms with E-state index in [1.54, 1.807) is 6.92 Å². The number of nitrogens with zero attached hydrogens (tertiary/aromatic N) is 2. The van der Waals surface area contributed by atoms with Crippen molar-refractivity contribution in [1.29, 1.82) is 0 Å². The summed E-state index contributed by atoms with van der Waals surface area (Å²) in [4.78, 5) is 24.6. The number of rotatable bonds is 6. The number of hydrogen-bond acceptors (Lipinski definition) is 6. The average molecular weight is 403 g/mol. The van der Waals surface area contributed by atoms with Crippen molar-refractivity contribution < 1.29 is 14.3 Å². The fourth-order valence-corrected chi connectivity index (χ4v) is 3.72. The molecule has 0 aliphatic carbocycles. The van der Waals surface area contributed by atoms with Gasteiger partial charge in [-0.15, -0.1) is 10.2 Å². The normalized spacial score (nSPS) is 16.0. The minimum Gasteiger partial charge on any atom is -0.381 e. The number of nitrogens with one attached hydrogen (secondary N) is 2. The largest absolute Gasteiger partial charge is 0.381 e. The monoisotopic (exact) mass is 402 g/mol. The predicted molar refractivity (Wildman–Crippen MR) is 109 cm³/mol.